The molecule has 0 atom stereocenters. The highest BCUT2D eigenvalue weighted by Gasteiger charge is 2.04. The van der Waals surface area contributed by atoms with E-state index in [9.17, 15) is 4.79 Å². The molecule has 0 aliphatic heterocycles. The van der Waals surface area contributed by atoms with Crippen molar-refractivity contribution in [1.82, 2.24) is 5.43 Å². The first-order chi connectivity index (χ1) is 14.6. The van der Waals surface area contributed by atoms with Crippen LogP contribution in [0.4, 0.5) is 0 Å². The second-order valence-corrected chi connectivity index (χ2v) is 6.58. The maximum absolute atomic E-state index is 12.0. The van der Waals surface area contributed by atoms with Gasteiger partial charge in [0.2, 0.25) is 0 Å². The van der Waals surface area contributed by atoms with E-state index in [4.69, 9.17) is 14.2 Å². The maximum atomic E-state index is 12.0. The predicted octanol–water partition coefficient (Wildman–Crippen LogP) is 4.11. The van der Waals surface area contributed by atoms with Gasteiger partial charge in [0, 0.05) is 5.56 Å². The first-order valence-corrected chi connectivity index (χ1v) is 9.50. The summed E-state index contributed by atoms with van der Waals surface area (Å²) < 4.78 is 16.6. The van der Waals surface area contributed by atoms with Crippen LogP contribution in [0.3, 0.4) is 0 Å². The number of para-hydroxylation sites is 1. The van der Waals surface area contributed by atoms with E-state index in [-0.39, 0.29) is 12.5 Å². The Labute approximate surface area is 176 Å². The van der Waals surface area contributed by atoms with Crippen molar-refractivity contribution in [2.75, 3.05) is 13.7 Å². The average molecular weight is 404 g/mol. The molecule has 30 heavy (non-hydrogen) atoms. The predicted molar refractivity (Wildman–Crippen MR) is 116 cm³/mol. The third-order valence-electron chi connectivity index (χ3n) is 4.20. The lowest BCUT2D eigenvalue weighted by Crippen LogP contribution is -2.24. The van der Waals surface area contributed by atoms with Crippen LogP contribution in [0.2, 0.25) is 0 Å². The van der Waals surface area contributed by atoms with Crippen LogP contribution in [-0.2, 0) is 11.4 Å². The summed E-state index contributed by atoms with van der Waals surface area (Å²) in [4.78, 5) is 12.0. The van der Waals surface area contributed by atoms with Gasteiger partial charge in [0.25, 0.3) is 5.91 Å². The Hall–Kier alpha value is -3.80. The second kappa shape index (κ2) is 10.7. The fourth-order valence-electron chi connectivity index (χ4n) is 2.70. The van der Waals surface area contributed by atoms with E-state index < -0.39 is 0 Å². The number of nitrogens with zero attached hydrogens (tertiary/aromatic N) is 1. The van der Waals surface area contributed by atoms with Gasteiger partial charge in [0.1, 0.15) is 23.9 Å². The molecule has 154 valence electrons. The van der Waals surface area contributed by atoms with Crippen LogP contribution in [-0.4, -0.2) is 25.8 Å². The first-order valence-electron chi connectivity index (χ1n) is 9.50. The Kier molecular flexibility index (Phi) is 7.44. The van der Waals surface area contributed by atoms with Gasteiger partial charge in [-0.25, -0.2) is 5.43 Å². The zero-order chi connectivity index (χ0) is 21.2. The molecule has 6 heteroatoms. The topological polar surface area (TPSA) is 69.2 Å². The summed E-state index contributed by atoms with van der Waals surface area (Å²) in [5, 5.41) is 4.01. The molecule has 0 heterocycles. The molecule has 6 nitrogen and oxygen atoms in total. The Bertz CT molecular complexity index is 1020. The van der Waals surface area contributed by atoms with Crippen LogP contribution in [0.5, 0.6) is 17.2 Å². The normalized spacial score (nSPS) is 10.6. The number of hydrazone groups is 1. The number of hydrogen-bond acceptors (Lipinski definition) is 5. The minimum atomic E-state index is -0.345. The number of ether oxygens (including phenoxy) is 3. The van der Waals surface area contributed by atoms with Gasteiger partial charge in [0.15, 0.2) is 6.61 Å². The molecule has 0 saturated carbocycles. The number of aryl methyl sites for hydroxylation is 1. The Morgan fingerprint density at radius 3 is 2.60 bits per heavy atom. The molecule has 1 N–H and O–H groups in total. The van der Waals surface area contributed by atoms with Crippen molar-refractivity contribution in [2.45, 2.75) is 13.5 Å². The van der Waals surface area contributed by atoms with Gasteiger partial charge >= 0.3 is 0 Å². The minimum absolute atomic E-state index is 0.116. The Morgan fingerprint density at radius 1 is 0.967 bits per heavy atom. The van der Waals surface area contributed by atoms with Crippen LogP contribution in [0.15, 0.2) is 77.9 Å². The molecule has 3 aromatic rings. The van der Waals surface area contributed by atoms with Gasteiger partial charge < -0.3 is 14.2 Å². The standard InChI is InChI=1S/C24H24N2O4/c1-18-7-5-11-22(13-18)29-17-24(27)26-25-15-20-9-3-4-12-23(20)30-16-19-8-6-10-21(14-19)28-2/h3-15H,16-17H2,1-2H3,(H,26,27)/b25-15-. The number of carbonyl (C=O) groups is 1. The second-order valence-electron chi connectivity index (χ2n) is 6.58. The quantitative estimate of drug-likeness (QED) is 0.430. The highest BCUT2D eigenvalue weighted by atomic mass is 16.5. The van der Waals surface area contributed by atoms with Gasteiger partial charge in [-0.1, -0.05) is 36.4 Å². The van der Waals surface area contributed by atoms with Crippen molar-refractivity contribution < 1.29 is 19.0 Å². The number of rotatable bonds is 9. The van der Waals surface area contributed by atoms with E-state index in [1.165, 1.54) is 0 Å². The largest absolute Gasteiger partial charge is 0.497 e. The molecule has 0 saturated heterocycles. The van der Waals surface area contributed by atoms with E-state index in [0.29, 0.717) is 18.1 Å². The number of amides is 1. The van der Waals surface area contributed by atoms with Crippen molar-refractivity contribution in [3.63, 3.8) is 0 Å². The van der Waals surface area contributed by atoms with Gasteiger partial charge in [-0.05, 0) is 54.4 Å². The Balaban J connectivity index is 1.53. The lowest BCUT2D eigenvalue weighted by molar-refractivity contribution is -0.123. The number of benzene rings is 3. The molecule has 0 unspecified atom stereocenters. The van der Waals surface area contributed by atoms with Crippen molar-refractivity contribution in [3.05, 3.63) is 89.5 Å². The van der Waals surface area contributed by atoms with Crippen molar-refractivity contribution in [3.8, 4) is 17.2 Å². The lowest BCUT2D eigenvalue weighted by Gasteiger charge is -2.10. The number of methoxy groups -OCH3 is 1. The molecule has 3 aromatic carbocycles. The van der Waals surface area contributed by atoms with E-state index in [1.54, 1.807) is 19.4 Å². The molecule has 3 rings (SSSR count). The van der Waals surface area contributed by atoms with Crippen LogP contribution in [0, 0.1) is 6.92 Å². The summed E-state index contributed by atoms with van der Waals surface area (Å²) >= 11 is 0. The first kappa shape index (κ1) is 20.9. The summed E-state index contributed by atoms with van der Waals surface area (Å²) in [5.41, 5.74) is 5.27. The number of hydrogen-bond donors (Lipinski definition) is 1. The third kappa shape index (κ3) is 6.38. The molecule has 0 aliphatic rings. The molecular weight excluding hydrogens is 380 g/mol. The van der Waals surface area contributed by atoms with E-state index in [0.717, 1.165) is 22.4 Å². The highest BCUT2D eigenvalue weighted by Crippen LogP contribution is 2.19. The van der Waals surface area contributed by atoms with Crippen LogP contribution < -0.4 is 19.6 Å². The molecular formula is C24H24N2O4. The number of nitrogens with one attached hydrogen (secondary N) is 1. The fourth-order valence-corrected chi connectivity index (χ4v) is 2.70. The van der Waals surface area contributed by atoms with Crippen LogP contribution >= 0.6 is 0 Å². The average Bonchev–Trinajstić information content (AvgIpc) is 2.77. The molecule has 0 spiro atoms. The molecule has 0 aromatic heterocycles. The monoisotopic (exact) mass is 404 g/mol. The molecule has 0 fully saturated rings. The molecule has 0 radical (unpaired) electrons. The Morgan fingerprint density at radius 2 is 1.77 bits per heavy atom. The van der Waals surface area contributed by atoms with Gasteiger partial charge in [-0.3, -0.25) is 4.79 Å². The fraction of sp³-hybridized carbons (Fsp3) is 0.167. The van der Waals surface area contributed by atoms with Crippen LogP contribution in [0.25, 0.3) is 0 Å². The molecule has 1 amide bonds. The van der Waals surface area contributed by atoms with Gasteiger partial charge in [-0.15, -0.1) is 0 Å². The zero-order valence-corrected chi connectivity index (χ0v) is 17.0. The lowest BCUT2D eigenvalue weighted by atomic mass is 10.2. The van der Waals surface area contributed by atoms with Crippen molar-refractivity contribution >= 4 is 12.1 Å². The van der Waals surface area contributed by atoms with Crippen LogP contribution in [0.1, 0.15) is 16.7 Å². The summed E-state index contributed by atoms with van der Waals surface area (Å²) in [7, 11) is 1.63. The summed E-state index contributed by atoms with van der Waals surface area (Å²) in [6, 6.07) is 22.7. The van der Waals surface area contributed by atoms with Gasteiger partial charge in [0.05, 0.1) is 13.3 Å². The maximum Gasteiger partial charge on any atom is 0.277 e. The highest BCUT2D eigenvalue weighted by molar-refractivity contribution is 5.85. The summed E-state index contributed by atoms with van der Waals surface area (Å²) in [6.07, 6.45) is 1.55. The van der Waals surface area contributed by atoms with E-state index >= 15 is 0 Å². The minimum Gasteiger partial charge on any atom is -0.497 e. The number of carbonyl (C=O) groups excluding carboxylic acids is 1. The third-order valence-corrected chi connectivity index (χ3v) is 4.20. The molecule has 0 aliphatic carbocycles. The van der Waals surface area contributed by atoms with Crippen molar-refractivity contribution in [1.29, 1.82) is 0 Å². The van der Waals surface area contributed by atoms with Gasteiger partial charge in [-0.2, -0.15) is 5.10 Å². The summed E-state index contributed by atoms with van der Waals surface area (Å²) in [6.45, 7) is 2.23. The smallest absolute Gasteiger partial charge is 0.277 e. The summed E-state index contributed by atoms with van der Waals surface area (Å²) in [5.74, 6) is 1.74. The van der Waals surface area contributed by atoms with E-state index in [1.807, 2.05) is 73.7 Å². The van der Waals surface area contributed by atoms with Crippen molar-refractivity contribution in [2.24, 2.45) is 5.10 Å². The van der Waals surface area contributed by atoms with E-state index in [2.05, 4.69) is 10.5 Å². The SMILES string of the molecule is COc1cccc(COc2ccccc2/C=N\NC(=O)COc2cccc(C)c2)c1. The molecule has 0 bridgehead atoms. The zero-order valence-electron chi connectivity index (χ0n) is 17.0.